The molecule has 1 aliphatic rings. The minimum Gasteiger partial charge on any atom is -0.497 e. The summed E-state index contributed by atoms with van der Waals surface area (Å²) in [7, 11) is 1.69. The molecule has 2 aromatic rings. The predicted octanol–water partition coefficient (Wildman–Crippen LogP) is 4.34. The largest absolute Gasteiger partial charge is 0.497 e. The van der Waals surface area contributed by atoms with Gasteiger partial charge in [0.05, 0.1) is 13.7 Å². The van der Waals surface area contributed by atoms with E-state index in [2.05, 4.69) is 52.1 Å². The summed E-state index contributed by atoms with van der Waals surface area (Å²) in [6.45, 7) is 8.10. The number of nitrogens with one attached hydrogen (secondary N) is 2. The molecule has 0 unspecified atom stereocenters. The van der Waals surface area contributed by atoms with Crippen LogP contribution in [0.15, 0.2) is 46.8 Å². The summed E-state index contributed by atoms with van der Waals surface area (Å²) in [4.78, 5) is 8.78. The first-order chi connectivity index (χ1) is 13.8. The maximum Gasteiger partial charge on any atom is 0.191 e. The second-order valence-electron chi connectivity index (χ2n) is 7.22. The number of hydrogen-bond donors (Lipinski definition) is 2. The van der Waals surface area contributed by atoms with Crippen molar-refractivity contribution in [1.29, 1.82) is 0 Å². The van der Waals surface area contributed by atoms with E-state index in [0.29, 0.717) is 12.5 Å². The van der Waals surface area contributed by atoms with Crippen LogP contribution in [0.5, 0.6) is 5.75 Å². The fourth-order valence-electron chi connectivity index (χ4n) is 3.46. The average molecular weight is 529 g/mol. The third-order valence-electron chi connectivity index (χ3n) is 5.15. The van der Waals surface area contributed by atoms with Gasteiger partial charge >= 0.3 is 0 Å². The van der Waals surface area contributed by atoms with Crippen LogP contribution in [0, 0.1) is 5.92 Å². The van der Waals surface area contributed by atoms with Gasteiger partial charge in [-0.25, -0.2) is 4.99 Å². The number of aliphatic imine (C=N–C) groups is 1. The highest BCUT2D eigenvalue weighted by molar-refractivity contribution is 14.0. The number of hydrogen-bond acceptors (Lipinski definition) is 4. The molecule has 1 fully saturated rings. The molecule has 1 saturated heterocycles. The standard InChI is InChI=1S/C22H32N4OS.HI/c1-3-23-22(24-15-18-6-8-20(27-2)9-7-18)25-16-19-10-12-26(13-11-19)17-21-5-4-14-28-21;/h4-9,14,19H,3,10-13,15-17H2,1-2H3,(H2,23,24,25);1H. The minimum absolute atomic E-state index is 0. The first-order valence-corrected chi connectivity index (χ1v) is 11.0. The number of guanidine groups is 1. The molecule has 0 aliphatic carbocycles. The van der Waals surface area contributed by atoms with Gasteiger partial charge in [-0.2, -0.15) is 0 Å². The number of benzene rings is 1. The summed E-state index contributed by atoms with van der Waals surface area (Å²) in [6.07, 6.45) is 2.49. The Bertz CT molecular complexity index is 713. The van der Waals surface area contributed by atoms with Crippen LogP contribution in [-0.4, -0.2) is 44.1 Å². The molecule has 7 heteroatoms. The highest BCUT2D eigenvalue weighted by Gasteiger charge is 2.19. The maximum absolute atomic E-state index is 5.21. The van der Waals surface area contributed by atoms with Crippen LogP contribution in [0.1, 0.15) is 30.2 Å². The fourth-order valence-corrected chi connectivity index (χ4v) is 4.20. The molecule has 1 aromatic carbocycles. The SMILES string of the molecule is CCNC(=NCc1ccc(OC)cc1)NCC1CCN(Cc2cccs2)CC1.I. The van der Waals surface area contributed by atoms with E-state index < -0.39 is 0 Å². The Morgan fingerprint density at radius 1 is 1.17 bits per heavy atom. The van der Waals surface area contributed by atoms with E-state index in [4.69, 9.17) is 9.73 Å². The van der Waals surface area contributed by atoms with Crippen LogP contribution in [-0.2, 0) is 13.1 Å². The Balaban J connectivity index is 0.00000300. The van der Waals surface area contributed by atoms with E-state index in [-0.39, 0.29) is 24.0 Å². The van der Waals surface area contributed by atoms with Gasteiger partial charge in [-0.15, -0.1) is 35.3 Å². The molecule has 0 amide bonds. The third kappa shape index (κ3) is 8.14. The zero-order valence-electron chi connectivity index (χ0n) is 17.4. The molecular weight excluding hydrogens is 495 g/mol. The second-order valence-corrected chi connectivity index (χ2v) is 8.26. The molecular formula is C22H33IN4OS. The molecule has 0 radical (unpaired) electrons. The van der Waals surface area contributed by atoms with Crippen LogP contribution in [0.4, 0.5) is 0 Å². The monoisotopic (exact) mass is 528 g/mol. The molecule has 0 atom stereocenters. The lowest BCUT2D eigenvalue weighted by Crippen LogP contribution is -2.42. The predicted molar refractivity (Wildman–Crippen MR) is 134 cm³/mol. The molecule has 2 N–H and O–H groups in total. The zero-order valence-corrected chi connectivity index (χ0v) is 20.5. The number of likely N-dealkylation sites (tertiary alicyclic amines) is 1. The van der Waals surface area contributed by atoms with E-state index in [9.17, 15) is 0 Å². The van der Waals surface area contributed by atoms with Crippen molar-refractivity contribution >= 4 is 41.3 Å². The summed E-state index contributed by atoms with van der Waals surface area (Å²) in [5.74, 6) is 2.49. The van der Waals surface area contributed by atoms with Crippen LogP contribution in [0.25, 0.3) is 0 Å². The van der Waals surface area contributed by atoms with Gasteiger partial charge in [0.2, 0.25) is 0 Å². The lowest BCUT2D eigenvalue weighted by Gasteiger charge is -2.32. The van der Waals surface area contributed by atoms with Crippen molar-refractivity contribution in [1.82, 2.24) is 15.5 Å². The Labute approximate surface area is 196 Å². The Morgan fingerprint density at radius 3 is 2.55 bits per heavy atom. The van der Waals surface area contributed by atoms with E-state index in [1.165, 1.54) is 36.4 Å². The molecule has 1 aliphatic heterocycles. The van der Waals surface area contributed by atoms with Gasteiger partial charge in [0.15, 0.2) is 5.96 Å². The lowest BCUT2D eigenvalue weighted by atomic mass is 9.97. The highest BCUT2D eigenvalue weighted by Crippen LogP contribution is 2.20. The summed E-state index contributed by atoms with van der Waals surface area (Å²) in [6, 6.07) is 12.5. The first kappa shape index (κ1) is 24.0. The van der Waals surface area contributed by atoms with Crippen LogP contribution >= 0.6 is 35.3 Å². The zero-order chi connectivity index (χ0) is 19.6. The maximum atomic E-state index is 5.21. The number of piperidine rings is 1. The Morgan fingerprint density at radius 2 is 1.93 bits per heavy atom. The number of nitrogens with zero attached hydrogens (tertiary/aromatic N) is 2. The highest BCUT2D eigenvalue weighted by atomic mass is 127. The van der Waals surface area contributed by atoms with Crippen molar-refractivity contribution in [3.8, 4) is 5.75 Å². The Hall–Kier alpha value is -1.32. The number of methoxy groups -OCH3 is 1. The third-order valence-corrected chi connectivity index (χ3v) is 6.01. The molecule has 29 heavy (non-hydrogen) atoms. The van der Waals surface area contributed by atoms with Crippen molar-refractivity contribution in [3.63, 3.8) is 0 Å². The summed E-state index contributed by atoms with van der Waals surface area (Å²) in [5, 5.41) is 9.07. The normalized spacial score (nSPS) is 15.6. The molecule has 2 heterocycles. The smallest absolute Gasteiger partial charge is 0.191 e. The van der Waals surface area contributed by atoms with Gasteiger partial charge in [-0.1, -0.05) is 18.2 Å². The van der Waals surface area contributed by atoms with Gasteiger partial charge in [0.25, 0.3) is 0 Å². The lowest BCUT2D eigenvalue weighted by molar-refractivity contribution is 0.179. The van der Waals surface area contributed by atoms with Crippen molar-refractivity contribution in [2.45, 2.75) is 32.9 Å². The summed E-state index contributed by atoms with van der Waals surface area (Å²) < 4.78 is 5.21. The molecule has 5 nitrogen and oxygen atoms in total. The molecule has 0 saturated carbocycles. The van der Waals surface area contributed by atoms with Crippen molar-refractivity contribution in [3.05, 3.63) is 52.2 Å². The van der Waals surface area contributed by atoms with Crippen LogP contribution in [0.3, 0.4) is 0 Å². The molecule has 1 aromatic heterocycles. The second kappa shape index (κ2) is 13.1. The van der Waals surface area contributed by atoms with E-state index in [1.54, 1.807) is 7.11 Å². The topological polar surface area (TPSA) is 48.9 Å². The van der Waals surface area contributed by atoms with E-state index in [0.717, 1.165) is 31.3 Å². The van der Waals surface area contributed by atoms with Gasteiger partial charge in [0, 0.05) is 24.5 Å². The van der Waals surface area contributed by atoms with Crippen LogP contribution in [0.2, 0.25) is 0 Å². The van der Waals surface area contributed by atoms with E-state index >= 15 is 0 Å². The molecule has 0 bridgehead atoms. The summed E-state index contributed by atoms with van der Waals surface area (Å²) >= 11 is 1.86. The van der Waals surface area contributed by atoms with Crippen molar-refractivity contribution in [2.24, 2.45) is 10.9 Å². The van der Waals surface area contributed by atoms with Gasteiger partial charge in [-0.05, 0) is 67.9 Å². The van der Waals surface area contributed by atoms with Crippen LogP contribution < -0.4 is 15.4 Å². The minimum atomic E-state index is 0. The number of halogens is 1. The molecule has 3 rings (SSSR count). The van der Waals surface area contributed by atoms with Crippen molar-refractivity contribution in [2.75, 3.05) is 33.3 Å². The average Bonchev–Trinajstić information content (AvgIpc) is 3.24. The number of rotatable bonds is 8. The Kier molecular flexibility index (Phi) is 10.8. The number of thiophene rings is 1. The van der Waals surface area contributed by atoms with Crippen molar-refractivity contribution < 1.29 is 4.74 Å². The molecule has 0 spiro atoms. The summed E-state index contributed by atoms with van der Waals surface area (Å²) in [5.41, 5.74) is 1.18. The van der Waals surface area contributed by atoms with Gasteiger partial charge in [-0.3, -0.25) is 4.90 Å². The molecule has 160 valence electrons. The first-order valence-electron chi connectivity index (χ1n) is 10.2. The number of ether oxygens (including phenoxy) is 1. The fraction of sp³-hybridized carbons (Fsp3) is 0.500. The quantitative estimate of drug-likeness (QED) is 0.304. The van der Waals surface area contributed by atoms with E-state index in [1.807, 2.05) is 23.5 Å². The van der Waals surface area contributed by atoms with Gasteiger partial charge < -0.3 is 15.4 Å². The van der Waals surface area contributed by atoms with Gasteiger partial charge in [0.1, 0.15) is 5.75 Å².